The fourth-order valence-electron chi connectivity index (χ4n) is 1.83. The molecule has 2 rings (SSSR count). The van der Waals surface area contributed by atoms with Crippen LogP contribution in [0.2, 0.25) is 0 Å². The average Bonchev–Trinajstić information content (AvgIpc) is 3.03. The number of amides is 1. The van der Waals surface area contributed by atoms with Crippen molar-refractivity contribution < 1.29 is 22.7 Å². The van der Waals surface area contributed by atoms with Gasteiger partial charge in [0.1, 0.15) is 9.77 Å². The van der Waals surface area contributed by atoms with Crippen molar-refractivity contribution in [3.63, 3.8) is 0 Å². The molecule has 1 amide bonds. The Kier molecular flexibility index (Phi) is 5.02. The molecule has 0 aliphatic rings. The van der Waals surface area contributed by atoms with Gasteiger partial charge in [-0.05, 0) is 29.6 Å². The van der Waals surface area contributed by atoms with Crippen LogP contribution in [0.1, 0.15) is 20.0 Å². The maximum Gasteiger partial charge on any atom is 0.349 e. The first kappa shape index (κ1) is 17.0. The Morgan fingerprint density at radius 2 is 1.96 bits per heavy atom. The summed E-state index contributed by atoms with van der Waals surface area (Å²) in [5, 5.41) is 3.94. The number of esters is 1. The highest BCUT2D eigenvalue weighted by atomic mass is 32.2. The Hall–Kier alpha value is -2.39. The number of ether oxygens (including phenoxy) is 1. The van der Waals surface area contributed by atoms with Crippen LogP contribution in [0.25, 0.3) is 0 Å². The first-order chi connectivity index (χ1) is 10.9. The van der Waals surface area contributed by atoms with Crippen molar-refractivity contribution >= 4 is 38.9 Å². The minimum absolute atomic E-state index is 0.0116. The average molecular weight is 354 g/mol. The second-order valence-electron chi connectivity index (χ2n) is 4.37. The lowest BCUT2D eigenvalue weighted by atomic mass is 10.2. The zero-order valence-corrected chi connectivity index (χ0v) is 14.0. The van der Waals surface area contributed by atoms with E-state index in [1.807, 2.05) is 0 Å². The van der Waals surface area contributed by atoms with Gasteiger partial charge in [-0.25, -0.2) is 13.2 Å². The van der Waals surface area contributed by atoms with E-state index in [1.165, 1.54) is 37.7 Å². The fraction of sp³-hybridized carbons (Fsp3) is 0.143. The molecule has 1 aromatic carbocycles. The van der Waals surface area contributed by atoms with Crippen LogP contribution >= 0.6 is 11.3 Å². The van der Waals surface area contributed by atoms with Crippen LogP contribution in [-0.4, -0.2) is 34.5 Å². The number of methoxy groups -OCH3 is 1. The van der Waals surface area contributed by atoms with Gasteiger partial charge in [-0.2, -0.15) is 0 Å². The maximum absolute atomic E-state index is 12.4. The van der Waals surface area contributed by atoms with Crippen LogP contribution in [0, 0.1) is 0 Å². The number of thiophene rings is 1. The molecule has 0 spiro atoms. The van der Waals surface area contributed by atoms with E-state index >= 15 is 0 Å². The van der Waals surface area contributed by atoms with E-state index in [4.69, 9.17) is 0 Å². The molecule has 1 heterocycles. The number of sulfonamides is 1. The lowest BCUT2D eigenvalue weighted by Gasteiger charge is -2.09. The summed E-state index contributed by atoms with van der Waals surface area (Å²) >= 11 is 0.974. The minimum atomic E-state index is -3.98. The van der Waals surface area contributed by atoms with E-state index in [-0.39, 0.29) is 21.4 Å². The van der Waals surface area contributed by atoms with Gasteiger partial charge in [0.15, 0.2) is 0 Å². The van der Waals surface area contributed by atoms with Crippen LogP contribution < -0.4 is 10.0 Å². The van der Waals surface area contributed by atoms with E-state index in [2.05, 4.69) is 14.8 Å². The number of carbonyl (C=O) groups excluding carboxylic acids is 2. The van der Waals surface area contributed by atoms with Crippen LogP contribution in [0.5, 0.6) is 0 Å². The van der Waals surface area contributed by atoms with Gasteiger partial charge in [-0.3, -0.25) is 9.52 Å². The molecular weight excluding hydrogens is 340 g/mol. The molecule has 0 aliphatic carbocycles. The van der Waals surface area contributed by atoms with E-state index in [9.17, 15) is 18.0 Å². The molecule has 0 aliphatic heterocycles. The van der Waals surface area contributed by atoms with Gasteiger partial charge in [-0.1, -0.05) is 6.07 Å². The first-order valence-corrected chi connectivity index (χ1v) is 8.76. The predicted molar refractivity (Wildman–Crippen MR) is 86.3 cm³/mol. The maximum atomic E-state index is 12.4. The van der Waals surface area contributed by atoms with Crippen molar-refractivity contribution in [1.82, 2.24) is 5.32 Å². The van der Waals surface area contributed by atoms with E-state index in [0.717, 1.165) is 11.3 Å². The van der Waals surface area contributed by atoms with E-state index in [0.29, 0.717) is 5.56 Å². The standard InChI is InChI=1S/C14H14N2O5S2/c1-15-13(17)9-4-3-5-10(8-9)16-23(19,20)11-6-7-22-12(11)14(18)21-2/h3-8,16H,1-2H3,(H,15,17). The summed E-state index contributed by atoms with van der Waals surface area (Å²) in [7, 11) is -1.32. The molecule has 2 N–H and O–H groups in total. The monoisotopic (exact) mass is 354 g/mol. The molecule has 122 valence electrons. The van der Waals surface area contributed by atoms with Gasteiger partial charge in [0, 0.05) is 18.3 Å². The molecule has 0 atom stereocenters. The van der Waals surface area contributed by atoms with Crippen molar-refractivity contribution in [2.75, 3.05) is 18.9 Å². The lowest BCUT2D eigenvalue weighted by molar-refractivity contribution is 0.0602. The molecule has 0 bridgehead atoms. The SMILES string of the molecule is CNC(=O)c1cccc(NS(=O)(=O)c2ccsc2C(=O)OC)c1. The molecule has 0 fully saturated rings. The van der Waals surface area contributed by atoms with Crippen LogP contribution in [-0.2, 0) is 14.8 Å². The summed E-state index contributed by atoms with van der Waals surface area (Å²) in [5.74, 6) is -1.06. The van der Waals surface area contributed by atoms with Crippen LogP contribution in [0.3, 0.4) is 0 Å². The first-order valence-electron chi connectivity index (χ1n) is 6.40. The molecular formula is C14H14N2O5S2. The third kappa shape index (κ3) is 3.69. The summed E-state index contributed by atoms with van der Waals surface area (Å²) in [6.07, 6.45) is 0. The second-order valence-corrected chi connectivity index (χ2v) is 6.94. The molecule has 23 heavy (non-hydrogen) atoms. The van der Waals surface area contributed by atoms with Crippen LogP contribution in [0.15, 0.2) is 40.6 Å². The number of benzene rings is 1. The zero-order valence-electron chi connectivity index (χ0n) is 12.3. The van der Waals surface area contributed by atoms with Gasteiger partial charge >= 0.3 is 5.97 Å². The van der Waals surface area contributed by atoms with Crippen molar-refractivity contribution in [1.29, 1.82) is 0 Å². The Morgan fingerprint density at radius 1 is 1.22 bits per heavy atom. The Labute approximate surface area is 137 Å². The number of hydrogen-bond donors (Lipinski definition) is 2. The Bertz CT molecular complexity index is 842. The lowest BCUT2D eigenvalue weighted by Crippen LogP contribution is -2.19. The number of nitrogens with one attached hydrogen (secondary N) is 2. The predicted octanol–water partition coefficient (Wildman–Crippen LogP) is 1.70. The van der Waals surface area contributed by atoms with Gasteiger partial charge in [-0.15, -0.1) is 11.3 Å². The smallest absolute Gasteiger partial charge is 0.349 e. The van der Waals surface area contributed by atoms with Gasteiger partial charge < -0.3 is 10.1 Å². The highest BCUT2D eigenvalue weighted by Gasteiger charge is 2.24. The van der Waals surface area contributed by atoms with Crippen molar-refractivity contribution in [2.24, 2.45) is 0 Å². The third-order valence-electron chi connectivity index (χ3n) is 2.89. The topological polar surface area (TPSA) is 102 Å². The molecule has 1 aromatic heterocycles. The summed E-state index contributed by atoms with van der Waals surface area (Å²) < 4.78 is 31.8. The number of rotatable bonds is 5. The van der Waals surface area contributed by atoms with Gasteiger partial charge in [0.2, 0.25) is 0 Å². The molecule has 7 nitrogen and oxygen atoms in total. The largest absolute Gasteiger partial charge is 0.465 e. The second kappa shape index (κ2) is 6.80. The van der Waals surface area contributed by atoms with Crippen molar-refractivity contribution in [3.05, 3.63) is 46.2 Å². The summed E-state index contributed by atoms with van der Waals surface area (Å²) in [4.78, 5) is 23.0. The third-order valence-corrected chi connectivity index (χ3v) is 5.34. The molecule has 0 saturated carbocycles. The number of anilines is 1. The van der Waals surface area contributed by atoms with E-state index in [1.54, 1.807) is 12.1 Å². The Morgan fingerprint density at radius 3 is 2.61 bits per heavy atom. The number of hydrogen-bond acceptors (Lipinski definition) is 6. The fourth-order valence-corrected chi connectivity index (χ4v) is 4.21. The summed E-state index contributed by atoms with van der Waals surface area (Å²) in [6, 6.07) is 7.34. The molecule has 9 heteroatoms. The highest BCUT2D eigenvalue weighted by molar-refractivity contribution is 7.93. The summed E-state index contributed by atoms with van der Waals surface area (Å²) in [5.41, 5.74) is 0.527. The quantitative estimate of drug-likeness (QED) is 0.796. The molecule has 2 aromatic rings. The van der Waals surface area contributed by atoms with Crippen molar-refractivity contribution in [2.45, 2.75) is 4.90 Å². The molecule has 0 saturated heterocycles. The summed E-state index contributed by atoms with van der Waals surface area (Å²) in [6.45, 7) is 0. The Balaban J connectivity index is 2.34. The normalized spacial score (nSPS) is 10.9. The zero-order chi connectivity index (χ0) is 17.0. The van der Waals surface area contributed by atoms with Crippen LogP contribution in [0.4, 0.5) is 5.69 Å². The number of carbonyl (C=O) groups is 2. The molecule has 0 unspecified atom stereocenters. The van der Waals surface area contributed by atoms with E-state index < -0.39 is 16.0 Å². The minimum Gasteiger partial charge on any atom is -0.465 e. The molecule has 0 radical (unpaired) electrons. The highest BCUT2D eigenvalue weighted by Crippen LogP contribution is 2.25. The van der Waals surface area contributed by atoms with Gasteiger partial charge in [0.05, 0.1) is 7.11 Å². The van der Waals surface area contributed by atoms with Crippen molar-refractivity contribution in [3.8, 4) is 0 Å². The van der Waals surface area contributed by atoms with Gasteiger partial charge in [0.25, 0.3) is 15.9 Å².